The highest BCUT2D eigenvalue weighted by Gasteiger charge is 2.28. The van der Waals surface area contributed by atoms with E-state index in [0.29, 0.717) is 31.1 Å². The average Bonchev–Trinajstić information content (AvgIpc) is 2.61. The van der Waals surface area contributed by atoms with Crippen LogP contribution in [0.4, 0.5) is 4.79 Å². The first-order chi connectivity index (χ1) is 13.1. The Morgan fingerprint density at radius 2 is 1.89 bits per heavy atom. The Bertz CT molecular complexity index is 694. The maximum absolute atomic E-state index is 12.7. The first kappa shape index (κ1) is 22.3. The fraction of sp³-hybridized carbons (Fsp3) is 0.619. The predicted octanol–water partition coefficient (Wildman–Crippen LogP) is 4.34. The third kappa shape index (κ3) is 6.59. The Labute approximate surface area is 172 Å². The van der Waals surface area contributed by atoms with Gasteiger partial charge in [-0.15, -0.1) is 0 Å². The van der Waals surface area contributed by atoms with Crippen molar-refractivity contribution in [1.82, 2.24) is 9.80 Å². The van der Waals surface area contributed by atoms with Crippen molar-refractivity contribution in [1.29, 1.82) is 0 Å². The average molecular weight is 411 g/mol. The first-order valence-corrected chi connectivity index (χ1v) is 10.0. The van der Waals surface area contributed by atoms with Gasteiger partial charge in [0.15, 0.2) is 0 Å². The number of ether oxygens (including phenoxy) is 2. The molecule has 0 unspecified atom stereocenters. The number of benzene rings is 1. The molecule has 156 valence electrons. The molecular weight excluding hydrogens is 380 g/mol. The van der Waals surface area contributed by atoms with Gasteiger partial charge in [0.1, 0.15) is 11.4 Å². The van der Waals surface area contributed by atoms with Crippen LogP contribution < -0.4 is 4.74 Å². The number of hydrogen-bond donors (Lipinski definition) is 0. The number of methoxy groups -OCH3 is 1. The van der Waals surface area contributed by atoms with E-state index >= 15 is 0 Å². The molecule has 2 amide bonds. The minimum absolute atomic E-state index is 0.0812. The third-order valence-corrected chi connectivity index (χ3v) is 5.04. The first-order valence-electron chi connectivity index (χ1n) is 9.63. The maximum Gasteiger partial charge on any atom is 0.410 e. The standard InChI is InChI=1S/C21H31ClN2O4/c1-21(2,3)28-20(26)24-10-8-15(9-11-24)12-19(25)23(4)14-16-13-17(22)6-7-18(16)27-5/h6-7,13,15H,8-12,14H2,1-5H3. The molecule has 0 atom stereocenters. The minimum atomic E-state index is -0.492. The van der Waals surface area contributed by atoms with Gasteiger partial charge in [-0.1, -0.05) is 11.6 Å². The molecule has 0 radical (unpaired) electrons. The lowest BCUT2D eigenvalue weighted by molar-refractivity contribution is -0.131. The molecule has 1 fully saturated rings. The molecule has 0 spiro atoms. The number of hydrogen-bond acceptors (Lipinski definition) is 4. The van der Waals surface area contributed by atoms with Crippen molar-refractivity contribution in [2.24, 2.45) is 5.92 Å². The van der Waals surface area contributed by atoms with Crippen molar-refractivity contribution in [2.75, 3.05) is 27.2 Å². The van der Waals surface area contributed by atoms with E-state index in [1.165, 1.54) is 0 Å². The molecule has 1 aliphatic rings. The number of piperidine rings is 1. The Hall–Kier alpha value is -1.95. The summed E-state index contributed by atoms with van der Waals surface area (Å²) in [7, 11) is 3.39. The van der Waals surface area contributed by atoms with E-state index in [0.717, 1.165) is 24.2 Å². The van der Waals surface area contributed by atoms with Gasteiger partial charge in [0, 0.05) is 43.7 Å². The van der Waals surface area contributed by atoms with Crippen LogP contribution in [0, 0.1) is 5.92 Å². The maximum atomic E-state index is 12.7. The molecule has 28 heavy (non-hydrogen) atoms. The Morgan fingerprint density at radius 3 is 2.46 bits per heavy atom. The van der Waals surface area contributed by atoms with E-state index in [9.17, 15) is 9.59 Å². The fourth-order valence-electron chi connectivity index (χ4n) is 3.26. The summed E-state index contributed by atoms with van der Waals surface area (Å²) in [6.07, 6.45) is 1.81. The minimum Gasteiger partial charge on any atom is -0.496 e. The second kappa shape index (κ2) is 9.50. The monoisotopic (exact) mass is 410 g/mol. The second-order valence-corrected chi connectivity index (χ2v) is 8.76. The van der Waals surface area contributed by atoms with Crippen LogP contribution in [0.3, 0.4) is 0 Å². The van der Waals surface area contributed by atoms with Gasteiger partial charge in [0.25, 0.3) is 0 Å². The predicted molar refractivity (Wildman–Crippen MR) is 110 cm³/mol. The van der Waals surface area contributed by atoms with Crippen LogP contribution in [0.2, 0.25) is 5.02 Å². The number of halogens is 1. The number of carbonyl (C=O) groups is 2. The van der Waals surface area contributed by atoms with E-state index < -0.39 is 5.60 Å². The molecule has 1 heterocycles. The molecule has 1 aliphatic heterocycles. The molecule has 7 heteroatoms. The van der Waals surface area contributed by atoms with Crippen LogP contribution in [0.1, 0.15) is 45.6 Å². The summed E-state index contributed by atoms with van der Waals surface area (Å²) in [4.78, 5) is 28.2. The Kier molecular flexibility index (Phi) is 7.58. The molecule has 6 nitrogen and oxygen atoms in total. The molecule has 2 rings (SSSR count). The van der Waals surface area contributed by atoms with Crippen LogP contribution in [0.15, 0.2) is 18.2 Å². The highest BCUT2D eigenvalue weighted by atomic mass is 35.5. The SMILES string of the molecule is COc1ccc(Cl)cc1CN(C)C(=O)CC1CCN(C(=O)OC(C)(C)C)CC1. The van der Waals surface area contributed by atoms with E-state index in [4.69, 9.17) is 21.1 Å². The lowest BCUT2D eigenvalue weighted by Crippen LogP contribution is -2.42. The fourth-order valence-corrected chi connectivity index (χ4v) is 3.46. The molecule has 0 aromatic heterocycles. The van der Waals surface area contributed by atoms with Crippen LogP contribution in [-0.2, 0) is 16.1 Å². The van der Waals surface area contributed by atoms with Crippen molar-refractivity contribution in [3.8, 4) is 5.75 Å². The molecule has 0 bridgehead atoms. The number of likely N-dealkylation sites (tertiary alicyclic amines) is 1. The number of rotatable bonds is 5. The Balaban J connectivity index is 1.84. The zero-order valence-electron chi connectivity index (χ0n) is 17.5. The van der Waals surface area contributed by atoms with E-state index in [-0.39, 0.29) is 17.9 Å². The third-order valence-electron chi connectivity index (χ3n) is 4.81. The molecule has 1 aromatic rings. The topological polar surface area (TPSA) is 59.1 Å². The number of carbonyl (C=O) groups excluding carboxylic acids is 2. The molecule has 0 saturated carbocycles. The highest BCUT2D eigenvalue weighted by Crippen LogP contribution is 2.26. The highest BCUT2D eigenvalue weighted by molar-refractivity contribution is 6.30. The number of nitrogens with zero attached hydrogens (tertiary/aromatic N) is 2. The van der Waals surface area contributed by atoms with Gasteiger partial charge in [-0.3, -0.25) is 4.79 Å². The summed E-state index contributed by atoms with van der Waals surface area (Å²) in [5.41, 5.74) is 0.388. The molecule has 0 aliphatic carbocycles. The molecule has 1 aromatic carbocycles. The summed E-state index contributed by atoms with van der Waals surface area (Å²) < 4.78 is 10.8. The lowest BCUT2D eigenvalue weighted by Gasteiger charge is -2.33. The van der Waals surface area contributed by atoms with Crippen molar-refractivity contribution in [2.45, 2.75) is 52.2 Å². The van der Waals surface area contributed by atoms with E-state index in [1.54, 1.807) is 30.0 Å². The van der Waals surface area contributed by atoms with Gasteiger partial charge in [-0.2, -0.15) is 0 Å². The van der Waals surface area contributed by atoms with Crippen molar-refractivity contribution < 1.29 is 19.1 Å². The van der Waals surface area contributed by atoms with E-state index in [2.05, 4.69) is 0 Å². The molecular formula is C21H31ClN2O4. The molecule has 0 N–H and O–H groups in total. The van der Waals surface area contributed by atoms with Crippen LogP contribution in [0.25, 0.3) is 0 Å². The summed E-state index contributed by atoms with van der Waals surface area (Å²) in [5.74, 6) is 1.07. The Morgan fingerprint density at radius 1 is 1.25 bits per heavy atom. The largest absolute Gasteiger partial charge is 0.496 e. The normalized spacial score (nSPS) is 15.3. The van der Waals surface area contributed by atoms with Crippen molar-refractivity contribution >= 4 is 23.6 Å². The van der Waals surface area contributed by atoms with Crippen molar-refractivity contribution in [3.63, 3.8) is 0 Å². The van der Waals surface area contributed by atoms with Gasteiger partial charge in [-0.05, 0) is 57.7 Å². The van der Waals surface area contributed by atoms with Gasteiger partial charge in [0.05, 0.1) is 7.11 Å². The summed E-state index contributed by atoms with van der Waals surface area (Å²) in [6.45, 7) is 7.28. The van der Waals surface area contributed by atoms with Crippen LogP contribution >= 0.6 is 11.6 Å². The zero-order valence-corrected chi connectivity index (χ0v) is 18.2. The smallest absolute Gasteiger partial charge is 0.410 e. The number of amides is 2. The summed E-state index contributed by atoms with van der Waals surface area (Å²) >= 11 is 6.07. The van der Waals surface area contributed by atoms with Gasteiger partial charge >= 0.3 is 6.09 Å². The lowest BCUT2D eigenvalue weighted by atomic mass is 9.93. The van der Waals surface area contributed by atoms with Crippen LogP contribution in [-0.4, -0.2) is 54.6 Å². The van der Waals surface area contributed by atoms with Crippen LogP contribution in [0.5, 0.6) is 5.75 Å². The van der Waals surface area contributed by atoms with Gasteiger partial charge in [-0.25, -0.2) is 4.79 Å². The molecule has 1 saturated heterocycles. The van der Waals surface area contributed by atoms with Gasteiger partial charge in [0.2, 0.25) is 5.91 Å². The summed E-state index contributed by atoms with van der Waals surface area (Å²) in [6, 6.07) is 5.40. The quantitative estimate of drug-likeness (QED) is 0.724. The van der Waals surface area contributed by atoms with Crippen molar-refractivity contribution in [3.05, 3.63) is 28.8 Å². The van der Waals surface area contributed by atoms with Gasteiger partial charge < -0.3 is 19.3 Å². The van der Waals surface area contributed by atoms with E-state index in [1.807, 2.05) is 32.9 Å². The zero-order chi connectivity index (χ0) is 20.9. The second-order valence-electron chi connectivity index (χ2n) is 8.32. The summed E-state index contributed by atoms with van der Waals surface area (Å²) in [5, 5.41) is 0.617.